The van der Waals surface area contributed by atoms with E-state index in [0.717, 1.165) is 11.4 Å². The first-order valence-electron chi connectivity index (χ1n) is 13.8. The van der Waals surface area contributed by atoms with Gasteiger partial charge in [-0.25, -0.2) is 0 Å². The van der Waals surface area contributed by atoms with Crippen LogP contribution in [0.15, 0.2) is 98.1 Å². The highest BCUT2D eigenvalue weighted by Crippen LogP contribution is 2.34. The third kappa shape index (κ3) is 5.94. The lowest BCUT2D eigenvalue weighted by Gasteiger charge is -2.28. The summed E-state index contributed by atoms with van der Waals surface area (Å²) in [6.07, 6.45) is 3.82. The number of anilines is 4. The van der Waals surface area contributed by atoms with Crippen LogP contribution in [0.1, 0.15) is 49.3 Å². The molecule has 0 aromatic heterocycles. The molecule has 0 aliphatic heterocycles. The van der Waals surface area contributed by atoms with E-state index in [4.69, 9.17) is 0 Å². The Morgan fingerprint density at radius 1 is 0.575 bits per heavy atom. The van der Waals surface area contributed by atoms with Crippen LogP contribution < -0.4 is 9.80 Å². The van der Waals surface area contributed by atoms with Gasteiger partial charge < -0.3 is 9.80 Å². The van der Waals surface area contributed by atoms with E-state index in [9.17, 15) is 4.79 Å². The highest BCUT2D eigenvalue weighted by atomic mass is 16.1. The van der Waals surface area contributed by atoms with Gasteiger partial charge >= 0.3 is 0 Å². The number of carbonyl (C=O) groups is 1. The van der Waals surface area contributed by atoms with Gasteiger partial charge in [-0.3, -0.25) is 4.79 Å². The number of nitrogens with zero attached hydrogens (tertiary/aromatic N) is 2. The molecule has 3 heteroatoms. The van der Waals surface area contributed by atoms with Crippen LogP contribution in [0.5, 0.6) is 0 Å². The molecule has 0 aliphatic rings. The highest BCUT2D eigenvalue weighted by Gasteiger charge is 2.17. The van der Waals surface area contributed by atoms with Gasteiger partial charge in [-0.1, -0.05) is 47.5 Å². The molecule has 3 nitrogen and oxygen atoms in total. The number of hydrogen-bond acceptors (Lipinski definition) is 3. The maximum absolute atomic E-state index is 13.4. The average Bonchev–Trinajstić information content (AvgIpc) is 2.91. The summed E-state index contributed by atoms with van der Waals surface area (Å²) in [6, 6.07) is 24.6. The third-order valence-corrected chi connectivity index (χ3v) is 7.32. The van der Waals surface area contributed by atoms with Gasteiger partial charge in [0.25, 0.3) is 0 Å². The Bertz CT molecular complexity index is 1380. The van der Waals surface area contributed by atoms with Gasteiger partial charge in [0.05, 0.1) is 0 Å². The van der Waals surface area contributed by atoms with Crippen LogP contribution in [0.25, 0.3) is 0 Å². The van der Waals surface area contributed by atoms with Gasteiger partial charge in [-0.2, -0.15) is 0 Å². The van der Waals surface area contributed by atoms with Crippen molar-refractivity contribution in [2.75, 3.05) is 22.9 Å². The average molecular weight is 529 g/mol. The van der Waals surface area contributed by atoms with Crippen molar-refractivity contribution < 1.29 is 4.79 Å². The molecule has 0 saturated heterocycles. The van der Waals surface area contributed by atoms with Gasteiger partial charge in [0.1, 0.15) is 0 Å². The number of rotatable bonds is 10. The fourth-order valence-electron chi connectivity index (χ4n) is 5.86. The number of hydrogen-bond donors (Lipinski definition) is 0. The van der Waals surface area contributed by atoms with Crippen molar-refractivity contribution in [1.29, 1.82) is 0 Å². The van der Waals surface area contributed by atoms with E-state index >= 15 is 0 Å². The molecule has 0 unspecified atom stereocenters. The van der Waals surface area contributed by atoms with Crippen molar-refractivity contribution in [3.8, 4) is 0 Å². The molecule has 4 aromatic rings. The summed E-state index contributed by atoms with van der Waals surface area (Å²) < 4.78 is 0. The summed E-state index contributed by atoms with van der Waals surface area (Å²) >= 11 is 0. The summed E-state index contributed by atoms with van der Waals surface area (Å²) in [7, 11) is 0. The maximum atomic E-state index is 13.4. The van der Waals surface area contributed by atoms with E-state index in [-0.39, 0.29) is 5.78 Å². The molecular weight excluding hydrogens is 488 g/mol. The molecule has 0 atom stereocenters. The highest BCUT2D eigenvalue weighted by molar-refractivity contribution is 6.09. The van der Waals surface area contributed by atoms with Crippen LogP contribution in [0.3, 0.4) is 0 Å². The summed E-state index contributed by atoms with van der Waals surface area (Å²) in [4.78, 5) is 17.9. The van der Waals surface area contributed by atoms with E-state index in [1.165, 1.54) is 44.8 Å². The fourth-order valence-corrected chi connectivity index (χ4v) is 5.86. The molecule has 0 bridgehead atoms. The quantitative estimate of drug-likeness (QED) is 0.151. The molecular formula is C37H40N2O. The van der Waals surface area contributed by atoms with Crippen molar-refractivity contribution in [2.24, 2.45) is 0 Å². The normalized spacial score (nSPS) is 10.8. The number of benzene rings is 4. The molecule has 4 rings (SSSR count). The zero-order chi connectivity index (χ0) is 29.0. The minimum atomic E-state index is 0.00837. The molecule has 0 aliphatic carbocycles. The maximum Gasteiger partial charge on any atom is 0.193 e. The van der Waals surface area contributed by atoms with Crippen LogP contribution in [0.2, 0.25) is 0 Å². The summed E-state index contributed by atoms with van der Waals surface area (Å²) in [5.41, 5.74) is 13.2. The molecule has 204 valence electrons. The Kier molecular flexibility index (Phi) is 8.74. The summed E-state index contributed by atoms with van der Waals surface area (Å²) in [6.45, 7) is 22.1. The lowest BCUT2D eigenvalue weighted by Crippen LogP contribution is -2.19. The SMILES string of the molecule is C=CCN(c1ccc(C(=O)c2ccc(N(CC=C)c3c(C)cc(C)cc3C)cc2)cc1)c1c(C)cc(C)cc1C. The lowest BCUT2D eigenvalue weighted by atomic mass is 10.0. The van der Waals surface area contributed by atoms with E-state index in [1.807, 2.05) is 60.7 Å². The molecule has 0 N–H and O–H groups in total. The van der Waals surface area contributed by atoms with Gasteiger partial charge in [0, 0.05) is 47.0 Å². The van der Waals surface area contributed by atoms with Crippen molar-refractivity contribution in [2.45, 2.75) is 41.5 Å². The monoisotopic (exact) mass is 528 g/mol. The van der Waals surface area contributed by atoms with Crippen LogP contribution >= 0.6 is 0 Å². The van der Waals surface area contributed by atoms with Crippen molar-refractivity contribution in [1.82, 2.24) is 0 Å². The van der Waals surface area contributed by atoms with Crippen molar-refractivity contribution >= 4 is 28.5 Å². The Balaban J connectivity index is 1.60. The topological polar surface area (TPSA) is 23.6 Å². The Morgan fingerprint density at radius 3 is 1.15 bits per heavy atom. The minimum Gasteiger partial charge on any atom is -0.337 e. The molecule has 40 heavy (non-hydrogen) atoms. The molecule has 0 amide bonds. The third-order valence-electron chi connectivity index (χ3n) is 7.32. The molecule has 0 fully saturated rings. The zero-order valence-corrected chi connectivity index (χ0v) is 24.7. The van der Waals surface area contributed by atoms with E-state index < -0.39 is 0 Å². The largest absolute Gasteiger partial charge is 0.337 e. The lowest BCUT2D eigenvalue weighted by molar-refractivity contribution is 0.103. The molecule has 0 saturated carbocycles. The fraction of sp³-hybridized carbons (Fsp3) is 0.216. The standard InChI is InChI=1S/C37H40N2O/c1-9-19-38(35-27(5)21-25(3)22-28(35)6)33-15-11-31(12-16-33)37(40)32-13-17-34(18-14-32)39(20-10-2)36-29(7)23-26(4)24-30(36)8/h9-18,21-24H,1-2,19-20H2,3-8H3. The summed E-state index contributed by atoms with van der Waals surface area (Å²) in [5, 5.41) is 0. The predicted octanol–water partition coefficient (Wildman–Crippen LogP) is 9.42. The second-order valence-electron chi connectivity index (χ2n) is 10.7. The Hall–Kier alpha value is -4.37. The van der Waals surface area contributed by atoms with Crippen LogP contribution in [0, 0.1) is 41.5 Å². The second kappa shape index (κ2) is 12.2. The first-order valence-corrected chi connectivity index (χ1v) is 13.8. The zero-order valence-electron chi connectivity index (χ0n) is 24.7. The van der Waals surface area contributed by atoms with Crippen molar-refractivity contribution in [3.05, 3.63) is 143 Å². The van der Waals surface area contributed by atoms with E-state index in [2.05, 4.69) is 88.8 Å². The molecule has 0 radical (unpaired) electrons. The molecule has 0 heterocycles. The smallest absolute Gasteiger partial charge is 0.193 e. The summed E-state index contributed by atoms with van der Waals surface area (Å²) in [5.74, 6) is 0.00837. The van der Waals surface area contributed by atoms with Crippen molar-refractivity contribution in [3.63, 3.8) is 0 Å². The second-order valence-corrected chi connectivity index (χ2v) is 10.7. The van der Waals surface area contributed by atoms with Gasteiger partial charge in [0.2, 0.25) is 0 Å². The van der Waals surface area contributed by atoms with Gasteiger partial charge in [-0.05, 0) is 112 Å². The van der Waals surface area contributed by atoms with Crippen LogP contribution in [0.4, 0.5) is 22.7 Å². The van der Waals surface area contributed by atoms with Gasteiger partial charge in [0.15, 0.2) is 5.78 Å². The number of ketones is 1. The first kappa shape index (κ1) is 28.6. The van der Waals surface area contributed by atoms with Crippen LogP contribution in [-0.2, 0) is 0 Å². The first-order chi connectivity index (χ1) is 19.1. The number of carbonyl (C=O) groups excluding carboxylic acids is 1. The Morgan fingerprint density at radius 2 is 0.875 bits per heavy atom. The molecule has 4 aromatic carbocycles. The number of aryl methyl sites for hydroxylation is 6. The molecule has 0 spiro atoms. The van der Waals surface area contributed by atoms with Gasteiger partial charge in [-0.15, -0.1) is 13.2 Å². The van der Waals surface area contributed by atoms with E-state index in [0.29, 0.717) is 24.2 Å². The predicted molar refractivity (Wildman–Crippen MR) is 172 cm³/mol. The Labute approximate surface area is 240 Å². The minimum absolute atomic E-state index is 0.00837. The van der Waals surface area contributed by atoms with E-state index in [1.54, 1.807) is 0 Å². The van der Waals surface area contributed by atoms with Crippen LogP contribution in [-0.4, -0.2) is 18.9 Å².